The van der Waals surface area contributed by atoms with E-state index in [1.54, 1.807) is 0 Å². The minimum atomic E-state index is -0.184. The molecule has 1 aromatic carbocycles. The van der Waals surface area contributed by atoms with Gasteiger partial charge in [0.25, 0.3) is 0 Å². The fourth-order valence-electron chi connectivity index (χ4n) is 2.75. The van der Waals surface area contributed by atoms with Crippen LogP contribution in [0.25, 0.3) is 0 Å². The van der Waals surface area contributed by atoms with Gasteiger partial charge in [0.15, 0.2) is 0 Å². The summed E-state index contributed by atoms with van der Waals surface area (Å²) >= 11 is 0. The number of carbonyl (C=O) groups excluding carboxylic acids is 1. The zero-order valence-electron chi connectivity index (χ0n) is 13.6. The van der Waals surface area contributed by atoms with Crippen molar-refractivity contribution in [1.29, 1.82) is 0 Å². The second-order valence-corrected chi connectivity index (χ2v) is 6.54. The highest BCUT2D eigenvalue weighted by atomic mass is 16.2. The number of nitrogen functional groups attached to an aromatic ring is 1. The van der Waals surface area contributed by atoms with Gasteiger partial charge in [-0.25, -0.2) is 0 Å². The first-order chi connectivity index (χ1) is 9.85. The first-order valence-corrected chi connectivity index (χ1v) is 7.82. The first kappa shape index (κ1) is 15.7. The Morgan fingerprint density at radius 2 is 2.19 bits per heavy atom. The van der Waals surface area contributed by atoms with Crippen molar-refractivity contribution in [3.05, 3.63) is 23.8 Å². The molecule has 2 rings (SSSR count). The number of nitrogens with zero attached hydrogens (tertiary/aromatic N) is 1. The molecular formula is C17H27N3O. The van der Waals surface area contributed by atoms with Gasteiger partial charge in [-0.05, 0) is 57.7 Å². The molecule has 1 heterocycles. The highest BCUT2D eigenvalue weighted by Crippen LogP contribution is 2.32. The molecule has 0 saturated carbocycles. The van der Waals surface area contributed by atoms with Crippen molar-refractivity contribution in [2.45, 2.75) is 58.5 Å². The third-order valence-corrected chi connectivity index (χ3v) is 4.52. The predicted molar refractivity (Wildman–Crippen MR) is 88.5 cm³/mol. The lowest BCUT2D eigenvalue weighted by atomic mass is 9.97. The Hall–Kier alpha value is -1.71. The summed E-state index contributed by atoms with van der Waals surface area (Å²) in [5, 5.41) is 3.14. The number of anilines is 2. The van der Waals surface area contributed by atoms with Crippen molar-refractivity contribution in [1.82, 2.24) is 5.32 Å². The van der Waals surface area contributed by atoms with Crippen molar-refractivity contribution in [2.24, 2.45) is 0 Å². The molecule has 21 heavy (non-hydrogen) atoms. The molecule has 0 spiro atoms. The van der Waals surface area contributed by atoms with Crippen LogP contribution in [0, 0.1) is 0 Å². The summed E-state index contributed by atoms with van der Waals surface area (Å²) in [6, 6.07) is 5.79. The molecule has 1 amide bonds. The SMILES string of the molecule is CCC(C)(C)NC(=O)C(C)N1CCCc2c(N)cccc21. The van der Waals surface area contributed by atoms with Gasteiger partial charge < -0.3 is 16.0 Å². The average molecular weight is 289 g/mol. The quantitative estimate of drug-likeness (QED) is 0.838. The fourth-order valence-corrected chi connectivity index (χ4v) is 2.75. The van der Waals surface area contributed by atoms with Gasteiger partial charge in [-0.2, -0.15) is 0 Å². The van der Waals surface area contributed by atoms with E-state index in [2.05, 4.69) is 37.1 Å². The van der Waals surface area contributed by atoms with Crippen molar-refractivity contribution < 1.29 is 4.79 Å². The molecule has 1 aromatic rings. The van der Waals surface area contributed by atoms with Crippen LogP contribution in [0.1, 0.15) is 46.1 Å². The molecular weight excluding hydrogens is 262 g/mol. The molecule has 3 N–H and O–H groups in total. The summed E-state index contributed by atoms with van der Waals surface area (Å²) in [6.45, 7) is 9.07. The summed E-state index contributed by atoms with van der Waals surface area (Å²) in [6.07, 6.45) is 2.94. The van der Waals surface area contributed by atoms with Gasteiger partial charge >= 0.3 is 0 Å². The van der Waals surface area contributed by atoms with E-state index in [0.717, 1.165) is 37.2 Å². The molecule has 0 aliphatic carbocycles. The van der Waals surface area contributed by atoms with E-state index in [9.17, 15) is 4.79 Å². The molecule has 1 aliphatic heterocycles. The van der Waals surface area contributed by atoms with Crippen LogP contribution >= 0.6 is 0 Å². The van der Waals surface area contributed by atoms with Gasteiger partial charge in [0.2, 0.25) is 5.91 Å². The lowest BCUT2D eigenvalue weighted by molar-refractivity contribution is -0.123. The average Bonchev–Trinajstić information content (AvgIpc) is 2.46. The molecule has 0 fully saturated rings. The molecule has 116 valence electrons. The summed E-state index contributed by atoms with van der Waals surface area (Å²) in [7, 11) is 0. The molecule has 1 aliphatic rings. The summed E-state index contributed by atoms with van der Waals surface area (Å²) in [5.74, 6) is 0.0807. The van der Waals surface area contributed by atoms with Gasteiger partial charge in [0.1, 0.15) is 6.04 Å². The topological polar surface area (TPSA) is 58.4 Å². The van der Waals surface area contributed by atoms with E-state index in [-0.39, 0.29) is 17.5 Å². The number of carbonyl (C=O) groups is 1. The number of hydrogen-bond donors (Lipinski definition) is 2. The molecule has 4 nitrogen and oxygen atoms in total. The Morgan fingerprint density at radius 1 is 1.48 bits per heavy atom. The standard InChI is InChI=1S/C17H27N3O/c1-5-17(3,4)19-16(21)12(2)20-11-7-8-13-14(18)9-6-10-15(13)20/h6,9-10,12H,5,7-8,11,18H2,1-4H3,(H,19,21). The van der Waals surface area contributed by atoms with Crippen molar-refractivity contribution in [3.63, 3.8) is 0 Å². The monoisotopic (exact) mass is 289 g/mol. The van der Waals surface area contributed by atoms with Crippen LogP contribution in [0.2, 0.25) is 0 Å². The molecule has 0 bridgehead atoms. The number of rotatable bonds is 4. The maximum atomic E-state index is 12.5. The van der Waals surface area contributed by atoms with Crippen molar-refractivity contribution >= 4 is 17.3 Å². The third kappa shape index (κ3) is 3.31. The van der Waals surface area contributed by atoms with E-state index in [1.807, 2.05) is 19.1 Å². The van der Waals surface area contributed by atoms with E-state index in [4.69, 9.17) is 5.73 Å². The third-order valence-electron chi connectivity index (χ3n) is 4.52. The number of nitrogens with two attached hydrogens (primary N) is 1. The van der Waals surface area contributed by atoms with Gasteiger partial charge in [0, 0.05) is 23.5 Å². The molecule has 1 atom stereocenters. The molecule has 4 heteroatoms. The smallest absolute Gasteiger partial charge is 0.242 e. The van der Waals surface area contributed by atoms with Gasteiger partial charge in [-0.15, -0.1) is 0 Å². The molecule has 0 aromatic heterocycles. The van der Waals surface area contributed by atoms with E-state index in [0.29, 0.717) is 0 Å². The largest absolute Gasteiger partial charge is 0.398 e. The molecule has 1 unspecified atom stereocenters. The minimum absolute atomic E-state index is 0.0807. The number of nitrogens with one attached hydrogen (secondary N) is 1. The fraction of sp³-hybridized carbons (Fsp3) is 0.588. The van der Waals surface area contributed by atoms with E-state index in [1.165, 1.54) is 5.56 Å². The summed E-state index contributed by atoms with van der Waals surface area (Å²) in [4.78, 5) is 14.7. The Balaban J connectivity index is 2.20. The van der Waals surface area contributed by atoms with Crippen LogP contribution in [-0.4, -0.2) is 24.0 Å². The van der Waals surface area contributed by atoms with Gasteiger partial charge in [-0.1, -0.05) is 13.0 Å². The minimum Gasteiger partial charge on any atom is -0.398 e. The maximum absolute atomic E-state index is 12.5. The van der Waals surface area contributed by atoms with Gasteiger partial charge in [0.05, 0.1) is 0 Å². The molecule has 0 saturated heterocycles. The lowest BCUT2D eigenvalue weighted by Crippen LogP contribution is -2.53. The number of benzene rings is 1. The lowest BCUT2D eigenvalue weighted by Gasteiger charge is -2.37. The second kappa shape index (κ2) is 5.96. The maximum Gasteiger partial charge on any atom is 0.242 e. The van der Waals surface area contributed by atoms with Crippen LogP contribution in [-0.2, 0) is 11.2 Å². The van der Waals surface area contributed by atoms with Crippen molar-refractivity contribution in [2.75, 3.05) is 17.2 Å². The Labute approximate surface area is 127 Å². The number of fused-ring (bicyclic) bond motifs is 1. The Bertz CT molecular complexity index is 525. The van der Waals surface area contributed by atoms with Gasteiger partial charge in [-0.3, -0.25) is 4.79 Å². The molecule has 0 radical (unpaired) electrons. The highest BCUT2D eigenvalue weighted by Gasteiger charge is 2.29. The summed E-state index contributed by atoms with van der Waals surface area (Å²) in [5.41, 5.74) is 9.03. The first-order valence-electron chi connectivity index (χ1n) is 7.82. The van der Waals surface area contributed by atoms with Crippen LogP contribution in [0.4, 0.5) is 11.4 Å². The van der Waals surface area contributed by atoms with E-state index >= 15 is 0 Å². The zero-order valence-corrected chi connectivity index (χ0v) is 13.6. The second-order valence-electron chi connectivity index (χ2n) is 6.54. The van der Waals surface area contributed by atoms with Crippen molar-refractivity contribution in [3.8, 4) is 0 Å². The van der Waals surface area contributed by atoms with Crippen LogP contribution < -0.4 is 16.0 Å². The highest BCUT2D eigenvalue weighted by molar-refractivity contribution is 5.86. The zero-order chi connectivity index (χ0) is 15.6. The Morgan fingerprint density at radius 3 is 2.86 bits per heavy atom. The Kier molecular flexibility index (Phi) is 4.45. The predicted octanol–water partition coefficient (Wildman–Crippen LogP) is 2.71. The number of amides is 1. The number of hydrogen-bond acceptors (Lipinski definition) is 3. The van der Waals surface area contributed by atoms with Crippen LogP contribution in [0.3, 0.4) is 0 Å². The normalized spacial score (nSPS) is 16.3. The van der Waals surface area contributed by atoms with Crippen LogP contribution in [0.15, 0.2) is 18.2 Å². The van der Waals surface area contributed by atoms with E-state index < -0.39 is 0 Å². The van der Waals surface area contributed by atoms with Crippen LogP contribution in [0.5, 0.6) is 0 Å². The summed E-state index contributed by atoms with van der Waals surface area (Å²) < 4.78 is 0.